The highest BCUT2D eigenvalue weighted by molar-refractivity contribution is 5.96. The van der Waals surface area contributed by atoms with Crippen LogP contribution in [0, 0.1) is 31.6 Å². The lowest BCUT2D eigenvalue weighted by Crippen LogP contribution is -2.49. The van der Waals surface area contributed by atoms with Gasteiger partial charge < -0.3 is 16.4 Å². The van der Waals surface area contributed by atoms with Crippen LogP contribution in [0.3, 0.4) is 0 Å². The van der Waals surface area contributed by atoms with Crippen LogP contribution in [0.25, 0.3) is 0 Å². The molecule has 2 atom stereocenters. The Morgan fingerprint density at radius 2 is 1.72 bits per heavy atom. The van der Waals surface area contributed by atoms with Crippen LogP contribution in [0.4, 0.5) is 5.69 Å². The van der Waals surface area contributed by atoms with Crippen LogP contribution >= 0.6 is 0 Å². The molecule has 3 rings (SSSR count). The van der Waals surface area contributed by atoms with E-state index in [2.05, 4.69) is 10.6 Å². The minimum atomic E-state index is -0.182. The number of fused-ring (bicyclic) bond motifs is 2. The van der Waals surface area contributed by atoms with Crippen molar-refractivity contribution in [1.82, 2.24) is 5.32 Å². The quantitative estimate of drug-likeness (QED) is 0.785. The summed E-state index contributed by atoms with van der Waals surface area (Å²) in [5.41, 5.74) is 9.16. The lowest BCUT2D eigenvalue weighted by atomic mass is 9.65. The number of amides is 2. The Labute approximate surface area is 149 Å². The molecular formula is C20H29N3O2. The molecular weight excluding hydrogens is 314 g/mol. The second kappa shape index (κ2) is 7.56. The Hall–Kier alpha value is -1.88. The third-order valence-electron chi connectivity index (χ3n) is 5.95. The van der Waals surface area contributed by atoms with Gasteiger partial charge in [0, 0.05) is 17.6 Å². The van der Waals surface area contributed by atoms with E-state index in [4.69, 9.17) is 5.73 Å². The first kappa shape index (κ1) is 17.9. The molecule has 2 saturated carbocycles. The number of anilines is 1. The fourth-order valence-corrected chi connectivity index (χ4v) is 4.51. The van der Waals surface area contributed by atoms with E-state index in [0.717, 1.165) is 42.5 Å². The van der Waals surface area contributed by atoms with Gasteiger partial charge in [-0.15, -0.1) is 0 Å². The zero-order chi connectivity index (χ0) is 18.0. The predicted molar refractivity (Wildman–Crippen MR) is 99.1 cm³/mol. The van der Waals surface area contributed by atoms with Crippen LogP contribution in [0.5, 0.6) is 0 Å². The van der Waals surface area contributed by atoms with Gasteiger partial charge in [-0.3, -0.25) is 9.59 Å². The van der Waals surface area contributed by atoms with E-state index >= 15 is 0 Å². The van der Waals surface area contributed by atoms with E-state index in [1.807, 2.05) is 32.0 Å². The van der Waals surface area contributed by atoms with Gasteiger partial charge in [-0.2, -0.15) is 0 Å². The second-order valence-electron chi connectivity index (χ2n) is 7.73. The summed E-state index contributed by atoms with van der Waals surface area (Å²) >= 11 is 0. The minimum absolute atomic E-state index is 0.000422. The summed E-state index contributed by atoms with van der Waals surface area (Å²) in [7, 11) is 0. The van der Waals surface area contributed by atoms with Crippen molar-refractivity contribution >= 4 is 17.5 Å². The molecule has 2 fully saturated rings. The minimum Gasteiger partial charge on any atom is -0.347 e. The topological polar surface area (TPSA) is 84.2 Å². The molecule has 1 aromatic carbocycles. The van der Waals surface area contributed by atoms with Crippen LogP contribution in [0.2, 0.25) is 0 Å². The van der Waals surface area contributed by atoms with Crippen LogP contribution in [-0.2, 0) is 9.59 Å². The second-order valence-corrected chi connectivity index (χ2v) is 7.73. The Kier molecular flexibility index (Phi) is 5.42. The first-order valence-electron chi connectivity index (χ1n) is 9.35. The Bertz CT molecular complexity index is 624. The maximum absolute atomic E-state index is 12.5. The largest absolute Gasteiger partial charge is 0.347 e. The Morgan fingerprint density at radius 3 is 2.32 bits per heavy atom. The van der Waals surface area contributed by atoms with Crippen molar-refractivity contribution in [3.8, 4) is 0 Å². The van der Waals surface area contributed by atoms with Gasteiger partial charge >= 0.3 is 0 Å². The monoisotopic (exact) mass is 343 g/mol. The molecule has 1 aromatic rings. The lowest BCUT2D eigenvalue weighted by Gasteiger charge is -2.43. The third-order valence-corrected chi connectivity index (χ3v) is 5.95. The number of aryl methyl sites for hydroxylation is 2. The van der Waals surface area contributed by atoms with Gasteiger partial charge in [-0.05, 0) is 62.5 Å². The number of carbonyl (C=O) groups excluding carboxylic acids is 2. The van der Waals surface area contributed by atoms with Gasteiger partial charge in [-0.1, -0.05) is 24.6 Å². The number of hydrogen-bond acceptors (Lipinski definition) is 3. The number of carbonyl (C=O) groups is 2. The first-order valence-corrected chi connectivity index (χ1v) is 9.35. The zero-order valence-electron chi connectivity index (χ0n) is 15.2. The number of benzene rings is 1. The molecule has 2 unspecified atom stereocenters. The molecule has 2 aliphatic carbocycles. The van der Waals surface area contributed by atoms with Gasteiger partial charge in [0.15, 0.2) is 0 Å². The molecule has 136 valence electrons. The number of nitrogens with two attached hydrogens (primary N) is 1. The average molecular weight is 343 g/mol. The molecule has 0 saturated heterocycles. The predicted octanol–water partition coefficient (Wildman–Crippen LogP) is 2.51. The summed E-state index contributed by atoms with van der Waals surface area (Å²) in [6.45, 7) is 3.95. The highest BCUT2D eigenvalue weighted by atomic mass is 16.2. The van der Waals surface area contributed by atoms with Gasteiger partial charge in [-0.25, -0.2) is 0 Å². The fraction of sp³-hybridized carbons (Fsp3) is 0.600. The molecule has 4 N–H and O–H groups in total. The summed E-state index contributed by atoms with van der Waals surface area (Å²) in [5, 5.41) is 5.73. The molecule has 2 aliphatic rings. The number of para-hydroxylation sites is 1. The van der Waals surface area contributed by atoms with Crippen LogP contribution in [0.15, 0.2) is 18.2 Å². The van der Waals surface area contributed by atoms with E-state index < -0.39 is 0 Å². The van der Waals surface area contributed by atoms with Crippen molar-refractivity contribution in [3.63, 3.8) is 0 Å². The summed E-state index contributed by atoms with van der Waals surface area (Å²) in [5.74, 6) is 0.750. The van der Waals surface area contributed by atoms with Crippen molar-refractivity contribution in [2.24, 2.45) is 23.5 Å². The first-order chi connectivity index (χ1) is 12.0. The molecule has 0 heterocycles. The van der Waals surface area contributed by atoms with E-state index in [-0.39, 0.29) is 30.3 Å². The molecule has 25 heavy (non-hydrogen) atoms. The van der Waals surface area contributed by atoms with E-state index in [1.165, 1.54) is 6.42 Å². The van der Waals surface area contributed by atoms with Gasteiger partial charge in [0.05, 0.1) is 6.54 Å². The highest BCUT2D eigenvalue weighted by Crippen LogP contribution is 2.41. The van der Waals surface area contributed by atoms with E-state index in [9.17, 15) is 9.59 Å². The summed E-state index contributed by atoms with van der Waals surface area (Å²) < 4.78 is 0. The number of hydrogen-bond donors (Lipinski definition) is 3. The third kappa shape index (κ3) is 4.03. The molecule has 0 aromatic heterocycles. The summed E-state index contributed by atoms with van der Waals surface area (Å²) in [6.07, 6.45) is 5.22. The average Bonchev–Trinajstić information content (AvgIpc) is 2.56. The molecule has 5 heteroatoms. The SMILES string of the molecule is Cc1cccc(C)c1NC(=O)CNC(=O)C1CC2CCCC(C1)C2N. The number of rotatable bonds is 4. The van der Waals surface area contributed by atoms with Gasteiger partial charge in [0.1, 0.15) is 0 Å². The molecule has 0 spiro atoms. The van der Waals surface area contributed by atoms with Gasteiger partial charge in [0.2, 0.25) is 11.8 Å². The van der Waals surface area contributed by atoms with E-state index in [0.29, 0.717) is 11.8 Å². The zero-order valence-corrected chi connectivity index (χ0v) is 15.2. The Balaban J connectivity index is 1.51. The van der Waals surface area contributed by atoms with Crippen molar-refractivity contribution < 1.29 is 9.59 Å². The van der Waals surface area contributed by atoms with Crippen LogP contribution in [-0.4, -0.2) is 24.4 Å². The maximum atomic E-state index is 12.5. The van der Waals surface area contributed by atoms with E-state index in [1.54, 1.807) is 0 Å². The van der Waals surface area contributed by atoms with Crippen molar-refractivity contribution in [2.45, 2.75) is 52.0 Å². The fourth-order valence-electron chi connectivity index (χ4n) is 4.51. The molecule has 0 radical (unpaired) electrons. The van der Waals surface area contributed by atoms with Gasteiger partial charge in [0.25, 0.3) is 0 Å². The maximum Gasteiger partial charge on any atom is 0.243 e. The number of nitrogens with one attached hydrogen (secondary N) is 2. The van der Waals surface area contributed by atoms with Crippen molar-refractivity contribution in [3.05, 3.63) is 29.3 Å². The molecule has 5 nitrogen and oxygen atoms in total. The highest BCUT2D eigenvalue weighted by Gasteiger charge is 2.40. The smallest absolute Gasteiger partial charge is 0.243 e. The Morgan fingerprint density at radius 1 is 1.12 bits per heavy atom. The van der Waals surface area contributed by atoms with Crippen molar-refractivity contribution in [2.75, 3.05) is 11.9 Å². The summed E-state index contributed by atoms with van der Waals surface area (Å²) in [4.78, 5) is 24.7. The standard InChI is InChI=1S/C20H29N3O2/c1-12-5-3-6-13(2)19(12)23-17(24)11-22-20(25)16-9-14-7-4-8-15(10-16)18(14)21/h3,5-6,14-16,18H,4,7-11,21H2,1-2H3,(H,22,25)(H,23,24). The van der Waals surface area contributed by atoms with Crippen LogP contribution < -0.4 is 16.4 Å². The normalized spacial score (nSPS) is 28.3. The molecule has 2 amide bonds. The summed E-state index contributed by atoms with van der Waals surface area (Å²) in [6, 6.07) is 6.15. The molecule has 0 aliphatic heterocycles. The van der Waals surface area contributed by atoms with Crippen molar-refractivity contribution in [1.29, 1.82) is 0 Å². The van der Waals surface area contributed by atoms with Crippen LogP contribution in [0.1, 0.15) is 43.2 Å². The molecule has 2 bridgehead atoms. The lowest BCUT2D eigenvalue weighted by molar-refractivity contribution is -0.129.